The molecule has 27 heavy (non-hydrogen) atoms. The highest BCUT2D eigenvalue weighted by atomic mass is 32.2. The van der Waals surface area contributed by atoms with Crippen molar-refractivity contribution in [3.8, 4) is 5.75 Å². The first-order chi connectivity index (χ1) is 13.3. The highest BCUT2D eigenvalue weighted by Crippen LogP contribution is 2.29. The number of hydrogen-bond acceptors (Lipinski definition) is 3. The number of hydrogen-bond donors (Lipinski definition) is 0. The van der Waals surface area contributed by atoms with Crippen LogP contribution in [-0.2, 0) is 6.54 Å². The Balaban J connectivity index is 1.22. The summed E-state index contributed by atoms with van der Waals surface area (Å²) in [5.74, 6) is 2.90. The maximum absolute atomic E-state index is 5.44. The smallest absolute Gasteiger partial charge is 0.132 e. The quantitative estimate of drug-likeness (QED) is 0.528. The topological polar surface area (TPSA) is 17.4 Å². The Hall–Kier alpha value is -1.91. The summed E-state index contributed by atoms with van der Waals surface area (Å²) >= 11 is 1.90. The number of nitrogens with zero attached hydrogens (tertiary/aromatic N) is 2. The zero-order valence-electron chi connectivity index (χ0n) is 16.0. The van der Waals surface area contributed by atoms with E-state index in [9.17, 15) is 0 Å². The van der Waals surface area contributed by atoms with E-state index >= 15 is 0 Å². The molecule has 0 spiro atoms. The number of ether oxygens (including phenoxy) is 1. The lowest BCUT2D eigenvalue weighted by atomic mass is 9.97. The van der Waals surface area contributed by atoms with E-state index in [1.54, 1.807) is 7.11 Å². The number of benzene rings is 2. The Bertz CT molecular complexity index is 834. The van der Waals surface area contributed by atoms with Gasteiger partial charge in [0.2, 0.25) is 0 Å². The lowest BCUT2D eigenvalue weighted by Gasteiger charge is -2.32. The first-order valence-electron chi connectivity index (χ1n) is 9.84. The molecule has 1 fully saturated rings. The lowest BCUT2D eigenvalue weighted by molar-refractivity contribution is 0.182. The van der Waals surface area contributed by atoms with Crippen LogP contribution in [0.1, 0.15) is 12.8 Å². The maximum atomic E-state index is 5.44. The number of rotatable bonds is 7. The molecule has 0 N–H and O–H groups in total. The second-order valence-corrected chi connectivity index (χ2v) is 8.50. The molecule has 3 aromatic rings. The van der Waals surface area contributed by atoms with Crippen LogP contribution in [0.25, 0.3) is 10.8 Å². The number of para-hydroxylation sites is 1. The minimum absolute atomic E-state index is 0.796. The van der Waals surface area contributed by atoms with Crippen LogP contribution in [-0.4, -0.2) is 42.0 Å². The van der Waals surface area contributed by atoms with Crippen molar-refractivity contribution in [3.05, 3.63) is 60.9 Å². The second kappa shape index (κ2) is 8.85. The minimum Gasteiger partial charge on any atom is -0.496 e. The standard InChI is InChI=1S/C23H28N2OS/c1-26-22-8-4-5-9-23(22)27-15-14-24-12-10-19(11-13-24)16-25-17-20-6-2-3-7-21(20)18-25/h2-9,17-19H,10-16H2,1H3. The van der Waals surface area contributed by atoms with Crippen LogP contribution in [0.15, 0.2) is 65.8 Å². The summed E-state index contributed by atoms with van der Waals surface area (Å²) in [6.07, 6.45) is 7.19. The molecule has 142 valence electrons. The number of likely N-dealkylation sites (tertiary alicyclic amines) is 1. The number of aromatic nitrogens is 1. The SMILES string of the molecule is COc1ccccc1SCCN1CCC(Cn2cc3ccccc3c2)CC1. The Kier molecular flexibility index (Phi) is 6.05. The molecule has 0 atom stereocenters. The van der Waals surface area contributed by atoms with Gasteiger partial charge in [0.25, 0.3) is 0 Å². The van der Waals surface area contributed by atoms with Crippen molar-refractivity contribution in [1.82, 2.24) is 9.47 Å². The molecule has 0 amide bonds. The number of methoxy groups -OCH3 is 1. The van der Waals surface area contributed by atoms with Crippen LogP contribution in [0.4, 0.5) is 0 Å². The van der Waals surface area contributed by atoms with Crippen LogP contribution in [0.5, 0.6) is 5.75 Å². The van der Waals surface area contributed by atoms with Crippen LogP contribution in [0, 0.1) is 5.92 Å². The molecule has 0 unspecified atom stereocenters. The molecule has 4 rings (SSSR count). The van der Waals surface area contributed by atoms with Crippen molar-refractivity contribution < 1.29 is 4.74 Å². The average Bonchev–Trinajstić information content (AvgIpc) is 3.12. The monoisotopic (exact) mass is 380 g/mol. The molecular weight excluding hydrogens is 352 g/mol. The highest BCUT2D eigenvalue weighted by Gasteiger charge is 2.19. The van der Waals surface area contributed by atoms with Gasteiger partial charge >= 0.3 is 0 Å². The van der Waals surface area contributed by atoms with Gasteiger partial charge in [-0.1, -0.05) is 36.4 Å². The normalized spacial score (nSPS) is 16.0. The Morgan fingerprint density at radius 1 is 0.963 bits per heavy atom. The van der Waals surface area contributed by atoms with E-state index in [1.165, 1.54) is 41.6 Å². The van der Waals surface area contributed by atoms with E-state index in [0.29, 0.717) is 0 Å². The third-order valence-electron chi connectivity index (χ3n) is 5.52. The van der Waals surface area contributed by atoms with Crippen LogP contribution >= 0.6 is 11.8 Å². The summed E-state index contributed by atoms with van der Waals surface area (Å²) in [7, 11) is 1.75. The molecule has 0 aliphatic carbocycles. The van der Waals surface area contributed by atoms with Gasteiger partial charge in [-0.15, -0.1) is 11.8 Å². The van der Waals surface area contributed by atoms with Gasteiger partial charge in [-0.3, -0.25) is 0 Å². The van der Waals surface area contributed by atoms with E-state index in [2.05, 4.69) is 58.3 Å². The molecule has 1 aliphatic rings. The number of fused-ring (bicyclic) bond motifs is 1. The van der Waals surface area contributed by atoms with Gasteiger partial charge < -0.3 is 14.2 Å². The van der Waals surface area contributed by atoms with Crippen molar-refractivity contribution in [2.45, 2.75) is 24.3 Å². The Morgan fingerprint density at radius 3 is 2.33 bits per heavy atom. The maximum Gasteiger partial charge on any atom is 0.132 e. The second-order valence-electron chi connectivity index (χ2n) is 7.37. The summed E-state index contributed by atoms with van der Waals surface area (Å²) in [6.45, 7) is 4.75. The predicted molar refractivity (Wildman–Crippen MR) is 115 cm³/mol. The van der Waals surface area contributed by atoms with Crippen molar-refractivity contribution >= 4 is 22.5 Å². The fourth-order valence-corrected chi connectivity index (χ4v) is 5.00. The first kappa shape index (κ1) is 18.5. The molecule has 1 aromatic heterocycles. The van der Waals surface area contributed by atoms with Crippen molar-refractivity contribution in [2.24, 2.45) is 5.92 Å². The van der Waals surface area contributed by atoms with E-state index < -0.39 is 0 Å². The van der Waals surface area contributed by atoms with Gasteiger partial charge in [0.15, 0.2) is 0 Å². The molecule has 0 saturated carbocycles. The Labute approximate surface area is 166 Å². The third-order valence-corrected chi connectivity index (χ3v) is 6.55. The highest BCUT2D eigenvalue weighted by molar-refractivity contribution is 7.99. The number of thioether (sulfide) groups is 1. The van der Waals surface area contributed by atoms with Gasteiger partial charge in [-0.05, 0) is 54.8 Å². The minimum atomic E-state index is 0.796. The molecule has 1 saturated heterocycles. The molecule has 0 bridgehead atoms. The van der Waals surface area contributed by atoms with Crippen LogP contribution in [0.2, 0.25) is 0 Å². The third kappa shape index (κ3) is 4.69. The molecule has 0 radical (unpaired) electrons. The largest absolute Gasteiger partial charge is 0.496 e. The first-order valence-corrected chi connectivity index (χ1v) is 10.8. The molecule has 3 nitrogen and oxygen atoms in total. The van der Waals surface area contributed by atoms with Crippen molar-refractivity contribution in [2.75, 3.05) is 32.5 Å². The Morgan fingerprint density at radius 2 is 1.63 bits per heavy atom. The zero-order valence-corrected chi connectivity index (χ0v) is 16.8. The molecular formula is C23H28N2OS. The number of piperidine rings is 1. The average molecular weight is 381 g/mol. The predicted octanol–water partition coefficient (Wildman–Crippen LogP) is 5.15. The van der Waals surface area contributed by atoms with E-state index in [1.807, 2.05) is 23.9 Å². The zero-order chi connectivity index (χ0) is 18.5. The fraction of sp³-hybridized carbons (Fsp3) is 0.391. The van der Waals surface area contributed by atoms with Gasteiger partial charge in [0.1, 0.15) is 5.75 Å². The van der Waals surface area contributed by atoms with E-state index in [4.69, 9.17) is 4.74 Å². The van der Waals surface area contributed by atoms with Gasteiger partial charge in [0, 0.05) is 36.1 Å². The van der Waals surface area contributed by atoms with Gasteiger partial charge in [0.05, 0.1) is 7.11 Å². The molecule has 4 heteroatoms. The summed E-state index contributed by atoms with van der Waals surface area (Å²) in [4.78, 5) is 3.86. The summed E-state index contributed by atoms with van der Waals surface area (Å²) in [6, 6.07) is 16.9. The summed E-state index contributed by atoms with van der Waals surface area (Å²) in [5.41, 5.74) is 0. The van der Waals surface area contributed by atoms with Crippen LogP contribution in [0.3, 0.4) is 0 Å². The van der Waals surface area contributed by atoms with Crippen molar-refractivity contribution in [3.63, 3.8) is 0 Å². The summed E-state index contributed by atoms with van der Waals surface area (Å²) in [5, 5.41) is 2.70. The van der Waals surface area contributed by atoms with Gasteiger partial charge in [-0.2, -0.15) is 0 Å². The van der Waals surface area contributed by atoms with E-state index in [-0.39, 0.29) is 0 Å². The fourth-order valence-electron chi connectivity index (χ4n) is 3.96. The molecule has 1 aliphatic heterocycles. The van der Waals surface area contributed by atoms with Crippen molar-refractivity contribution in [1.29, 1.82) is 0 Å². The van der Waals surface area contributed by atoms with E-state index in [0.717, 1.165) is 30.5 Å². The molecule has 2 heterocycles. The molecule has 2 aromatic carbocycles. The van der Waals surface area contributed by atoms with Crippen LogP contribution < -0.4 is 4.74 Å². The van der Waals surface area contributed by atoms with Gasteiger partial charge in [-0.25, -0.2) is 0 Å². The summed E-state index contributed by atoms with van der Waals surface area (Å²) < 4.78 is 7.83. The lowest BCUT2D eigenvalue weighted by Crippen LogP contribution is -2.36.